The summed E-state index contributed by atoms with van der Waals surface area (Å²) in [7, 11) is 0. The largest absolute Gasteiger partial charge is 0.507 e. The molecule has 0 saturated heterocycles. The number of phenolic OH excluding ortho intramolecular Hbond substituents is 2. The lowest BCUT2D eigenvalue weighted by molar-refractivity contribution is 0.0684. The molecule has 0 radical (unpaired) electrons. The molecule has 0 bridgehead atoms. The Balaban J connectivity index is 2.66. The Morgan fingerprint density at radius 2 is 1.10 bits per heavy atom. The minimum atomic E-state index is -1.09. The van der Waals surface area contributed by atoms with E-state index in [0.29, 0.717) is 45.6 Å². The number of phenols is 2. The van der Waals surface area contributed by atoms with Crippen LogP contribution in [0.5, 0.6) is 11.5 Å². The predicted octanol–water partition coefficient (Wildman–Crippen LogP) is 5.82. The first kappa shape index (κ1) is 24.6. The van der Waals surface area contributed by atoms with Crippen LogP contribution in [0.15, 0.2) is 34.1 Å². The van der Waals surface area contributed by atoms with Gasteiger partial charge >= 0.3 is 11.9 Å². The van der Waals surface area contributed by atoms with E-state index in [0.717, 1.165) is 24.6 Å². The van der Waals surface area contributed by atoms with Gasteiger partial charge in [0, 0.05) is 0 Å². The molecule has 0 atom stereocenters. The molecule has 0 spiro atoms. The van der Waals surface area contributed by atoms with E-state index in [1.807, 2.05) is 27.7 Å². The summed E-state index contributed by atoms with van der Waals surface area (Å²) in [6, 6.07) is 5.42. The van der Waals surface area contributed by atoms with Crippen molar-refractivity contribution in [2.75, 3.05) is 0 Å². The van der Waals surface area contributed by atoms with Crippen LogP contribution in [0.2, 0.25) is 0 Å². The zero-order valence-electron chi connectivity index (χ0n) is 18.3. The van der Waals surface area contributed by atoms with Crippen molar-refractivity contribution in [1.82, 2.24) is 0 Å². The van der Waals surface area contributed by atoms with Crippen LogP contribution >= 0.6 is 11.8 Å². The number of carboxylic acid groups (broad SMARTS) is 2. The standard InChI is InChI=1S/C24H30O6S/c1-13(2)5-7-15-17(23(27)28)9-11-19(25)21(15)31-22-16(8-6-14(3)4)18(24(29)30)10-12-20(22)26/h9-14,25-26H,5-8H2,1-4H3,(H,27,28)(H,29,30). The van der Waals surface area contributed by atoms with E-state index in [-0.39, 0.29) is 22.6 Å². The van der Waals surface area contributed by atoms with Gasteiger partial charge in [0.25, 0.3) is 0 Å². The van der Waals surface area contributed by atoms with Gasteiger partial charge in [0.05, 0.1) is 20.9 Å². The van der Waals surface area contributed by atoms with Gasteiger partial charge in [-0.3, -0.25) is 0 Å². The molecule has 4 N–H and O–H groups in total. The number of aromatic hydroxyl groups is 2. The van der Waals surface area contributed by atoms with Gasteiger partial charge in [-0.2, -0.15) is 0 Å². The summed E-state index contributed by atoms with van der Waals surface area (Å²) in [6.07, 6.45) is 2.32. The molecule has 0 aromatic heterocycles. The summed E-state index contributed by atoms with van der Waals surface area (Å²) in [5, 5.41) is 40.5. The molecule has 31 heavy (non-hydrogen) atoms. The van der Waals surface area contributed by atoms with Gasteiger partial charge in [-0.05, 0) is 72.9 Å². The second kappa shape index (κ2) is 10.6. The first-order valence-corrected chi connectivity index (χ1v) is 11.2. The minimum Gasteiger partial charge on any atom is -0.507 e. The van der Waals surface area contributed by atoms with E-state index < -0.39 is 11.9 Å². The van der Waals surface area contributed by atoms with Crippen LogP contribution < -0.4 is 0 Å². The number of hydrogen-bond acceptors (Lipinski definition) is 5. The molecule has 0 aliphatic rings. The molecule has 2 aromatic carbocycles. The van der Waals surface area contributed by atoms with Crippen LogP contribution in [0, 0.1) is 11.8 Å². The minimum absolute atomic E-state index is 0.0938. The molecule has 2 aromatic rings. The Labute approximate surface area is 186 Å². The van der Waals surface area contributed by atoms with Crippen molar-refractivity contribution in [1.29, 1.82) is 0 Å². The molecule has 0 heterocycles. The van der Waals surface area contributed by atoms with E-state index in [1.54, 1.807) is 0 Å². The van der Waals surface area contributed by atoms with Crippen LogP contribution in [0.3, 0.4) is 0 Å². The zero-order chi connectivity index (χ0) is 23.3. The van der Waals surface area contributed by atoms with Crippen molar-refractivity contribution in [3.63, 3.8) is 0 Å². The Morgan fingerprint density at radius 1 is 0.742 bits per heavy atom. The van der Waals surface area contributed by atoms with Gasteiger partial charge in [0.2, 0.25) is 0 Å². The van der Waals surface area contributed by atoms with Gasteiger partial charge in [-0.1, -0.05) is 39.5 Å². The summed E-state index contributed by atoms with van der Waals surface area (Å²) >= 11 is 1.03. The van der Waals surface area contributed by atoms with E-state index in [4.69, 9.17) is 0 Å². The summed E-state index contributed by atoms with van der Waals surface area (Å²) < 4.78 is 0. The van der Waals surface area contributed by atoms with E-state index in [9.17, 15) is 30.0 Å². The molecule has 0 unspecified atom stereocenters. The Hall–Kier alpha value is -2.67. The molecule has 0 saturated carbocycles. The van der Waals surface area contributed by atoms with E-state index in [2.05, 4.69) is 0 Å². The van der Waals surface area contributed by atoms with Gasteiger partial charge < -0.3 is 20.4 Å². The molecule has 0 fully saturated rings. The first-order valence-electron chi connectivity index (χ1n) is 10.4. The molecule has 6 nitrogen and oxygen atoms in total. The third-order valence-electron chi connectivity index (χ3n) is 5.09. The fourth-order valence-corrected chi connectivity index (χ4v) is 4.54. The second-order valence-corrected chi connectivity index (χ2v) is 9.48. The third-order valence-corrected chi connectivity index (χ3v) is 6.41. The highest BCUT2D eigenvalue weighted by Crippen LogP contribution is 2.45. The number of aromatic carboxylic acids is 2. The van der Waals surface area contributed by atoms with Crippen molar-refractivity contribution in [2.24, 2.45) is 11.8 Å². The van der Waals surface area contributed by atoms with Gasteiger partial charge in [-0.25, -0.2) is 9.59 Å². The van der Waals surface area contributed by atoms with Crippen molar-refractivity contribution in [3.05, 3.63) is 46.5 Å². The van der Waals surface area contributed by atoms with Gasteiger partial charge in [0.1, 0.15) is 11.5 Å². The fraction of sp³-hybridized carbons (Fsp3) is 0.417. The van der Waals surface area contributed by atoms with Crippen LogP contribution in [-0.2, 0) is 12.8 Å². The lowest BCUT2D eigenvalue weighted by Crippen LogP contribution is -2.07. The molecule has 0 amide bonds. The van der Waals surface area contributed by atoms with Gasteiger partial charge in [-0.15, -0.1) is 0 Å². The number of carbonyl (C=O) groups is 2. The molecular weight excluding hydrogens is 416 g/mol. The molecular formula is C24H30O6S. The summed E-state index contributed by atoms with van der Waals surface area (Å²) in [6.45, 7) is 8.12. The van der Waals surface area contributed by atoms with Crippen molar-refractivity contribution in [3.8, 4) is 11.5 Å². The number of hydrogen-bond donors (Lipinski definition) is 4. The van der Waals surface area contributed by atoms with Gasteiger partial charge in [0.15, 0.2) is 0 Å². The third kappa shape index (κ3) is 6.17. The quantitative estimate of drug-likeness (QED) is 0.363. The highest BCUT2D eigenvalue weighted by molar-refractivity contribution is 7.99. The predicted molar refractivity (Wildman–Crippen MR) is 121 cm³/mol. The number of rotatable bonds is 10. The Kier molecular flexibility index (Phi) is 8.39. The maximum Gasteiger partial charge on any atom is 0.336 e. The second-order valence-electron chi connectivity index (χ2n) is 8.46. The summed E-state index contributed by atoms with van der Waals surface area (Å²) in [5.41, 5.74) is 1.17. The maximum absolute atomic E-state index is 11.8. The van der Waals surface area contributed by atoms with Crippen molar-refractivity contribution >= 4 is 23.7 Å². The lowest BCUT2D eigenvalue weighted by Gasteiger charge is -2.19. The normalized spacial score (nSPS) is 11.3. The van der Waals surface area contributed by atoms with Crippen LogP contribution in [0.1, 0.15) is 72.4 Å². The molecule has 0 aliphatic heterocycles. The first-order chi connectivity index (χ1) is 14.5. The van der Waals surface area contributed by atoms with E-state index >= 15 is 0 Å². The van der Waals surface area contributed by atoms with Crippen LogP contribution in [0.4, 0.5) is 0 Å². The Bertz CT molecular complexity index is 888. The average molecular weight is 447 g/mol. The van der Waals surface area contributed by atoms with E-state index in [1.165, 1.54) is 24.3 Å². The fourth-order valence-electron chi connectivity index (χ4n) is 3.32. The molecule has 7 heteroatoms. The average Bonchev–Trinajstić information content (AvgIpc) is 2.67. The SMILES string of the molecule is CC(C)CCc1c(C(=O)O)ccc(O)c1Sc1c(O)ccc(C(=O)O)c1CCC(C)C. The number of benzene rings is 2. The topological polar surface area (TPSA) is 115 Å². The Morgan fingerprint density at radius 3 is 1.39 bits per heavy atom. The monoisotopic (exact) mass is 446 g/mol. The summed E-state index contributed by atoms with van der Waals surface area (Å²) in [5.74, 6) is -1.72. The highest BCUT2D eigenvalue weighted by atomic mass is 32.2. The summed E-state index contributed by atoms with van der Waals surface area (Å²) in [4.78, 5) is 24.3. The van der Waals surface area contributed by atoms with Crippen LogP contribution in [-0.4, -0.2) is 32.4 Å². The highest BCUT2D eigenvalue weighted by Gasteiger charge is 2.24. The molecule has 0 aliphatic carbocycles. The van der Waals surface area contributed by atoms with Crippen molar-refractivity contribution in [2.45, 2.75) is 63.2 Å². The molecule has 2 rings (SSSR count). The smallest absolute Gasteiger partial charge is 0.336 e. The lowest BCUT2D eigenvalue weighted by atomic mass is 9.97. The van der Waals surface area contributed by atoms with Crippen molar-refractivity contribution < 1.29 is 30.0 Å². The molecule has 168 valence electrons. The maximum atomic E-state index is 11.8. The number of carboxylic acids is 2. The zero-order valence-corrected chi connectivity index (χ0v) is 19.1. The van der Waals surface area contributed by atoms with Crippen LogP contribution in [0.25, 0.3) is 0 Å².